The quantitative estimate of drug-likeness (QED) is 0.786. The molecule has 2 saturated heterocycles. The van der Waals surface area contributed by atoms with Gasteiger partial charge in [-0.3, -0.25) is 9.80 Å². The van der Waals surface area contributed by atoms with Crippen LogP contribution in [0.1, 0.15) is 18.9 Å². The largest absolute Gasteiger partial charge is 0.480 e. The van der Waals surface area contributed by atoms with Crippen LogP contribution < -0.4 is 4.90 Å². The fourth-order valence-corrected chi connectivity index (χ4v) is 3.46. The number of aliphatic carboxylic acids is 1. The molecule has 0 saturated carbocycles. The number of nitriles is 1. The average Bonchev–Trinajstić information content (AvgIpc) is 2.98. The first-order chi connectivity index (χ1) is 12.5. The van der Waals surface area contributed by atoms with Gasteiger partial charge in [0.2, 0.25) is 0 Å². The van der Waals surface area contributed by atoms with Gasteiger partial charge in [-0.05, 0) is 30.7 Å². The summed E-state index contributed by atoms with van der Waals surface area (Å²) in [4.78, 5) is 26.5. The van der Waals surface area contributed by atoms with Gasteiger partial charge in [0.25, 0.3) is 0 Å². The molecule has 0 bridgehead atoms. The number of carbonyl (C=O) groups is 2. The van der Waals surface area contributed by atoms with Crippen LogP contribution >= 0.6 is 0 Å². The number of anilines is 1. The summed E-state index contributed by atoms with van der Waals surface area (Å²) < 4.78 is 10.8. The molecule has 2 aliphatic rings. The van der Waals surface area contributed by atoms with Crippen LogP contribution in [-0.2, 0) is 14.3 Å². The van der Waals surface area contributed by atoms with Gasteiger partial charge in [-0.15, -0.1) is 0 Å². The van der Waals surface area contributed by atoms with Crippen LogP contribution in [0.3, 0.4) is 0 Å². The van der Waals surface area contributed by atoms with Gasteiger partial charge in [0.15, 0.2) is 0 Å². The Kier molecular flexibility index (Phi) is 5.40. The van der Waals surface area contributed by atoms with Gasteiger partial charge in [0, 0.05) is 24.8 Å². The Balaban J connectivity index is 1.54. The van der Waals surface area contributed by atoms with Crippen LogP contribution in [0, 0.1) is 11.3 Å². The summed E-state index contributed by atoms with van der Waals surface area (Å²) >= 11 is 0. The van der Waals surface area contributed by atoms with Crippen LogP contribution in [0.2, 0.25) is 0 Å². The number of cyclic esters (lactones) is 1. The number of nitrogens with zero attached hydrogens (tertiary/aromatic N) is 3. The van der Waals surface area contributed by atoms with Crippen LogP contribution in [-0.4, -0.2) is 66.6 Å². The highest BCUT2D eigenvalue weighted by atomic mass is 16.6. The molecule has 2 heterocycles. The predicted molar refractivity (Wildman–Crippen MR) is 91.8 cm³/mol. The molecular weight excluding hydrogens is 338 g/mol. The molecule has 1 aromatic rings. The Morgan fingerprint density at radius 2 is 2.12 bits per heavy atom. The molecule has 1 N–H and O–H groups in total. The van der Waals surface area contributed by atoms with Gasteiger partial charge >= 0.3 is 12.1 Å². The normalized spacial score (nSPS) is 25.5. The number of rotatable bonds is 7. The summed E-state index contributed by atoms with van der Waals surface area (Å²) in [6.45, 7) is 3.40. The van der Waals surface area contributed by atoms with Crippen molar-refractivity contribution in [3.8, 4) is 6.07 Å². The smallest absolute Gasteiger partial charge is 0.414 e. The van der Waals surface area contributed by atoms with Crippen molar-refractivity contribution in [2.24, 2.45) is 0 Å². The second-order valence-electron chi connectivity index (χ2n) is 6.45. The van der Waals surface area contributed by atoms with Crippen molar-refractivity contribution in [1.82, 2.24) is 4.90 Å². The minimum absolute atomic E-state index is 0.0946. The minimum atomic E-state index is -0.971. The third-order valence-corrected chi connectivity index (χ3v) is 4.77. The number of likely N-dealkylation sites (tertiary alicyclic amines) is 1. The Morgan fingerprint density at radius 1 is 1.38 bits per heavy atom. The summed E-state index contributed by atoms with van der Waals surface area (Å²) in [6, 6.07) is 8.99. The first-order valence-electron chi connectivity index (χ1n) is 8.57. The van der Waals surface area contributed by atoms with E-state index < -0.39 is 12.1 Å². The monoisotopic (exact) mass is 359 g/mol. The summed E-state index contributed by atoms with van der Waals surface area (Å²) in [7, 11) is 0. The highest BCUT2D eigenvalue weighted by Gasteiger charge is 2.42. The number of ether oxygens (including phenoxy) is 2. The van der Waals surface area contributed by atoms with Gasteiger partial charge in [0.05, 0.1) is 24.3 Å². The zero-order valence-electron chi connectivity index (χ0n) is 14.5. The van der Waals surface area contributed by atoms with Gasteiger partial charge < -0.3 is 14.6 Å². The van der Waals surface area contributed by atoms with Crippen molar-refractivity contribution in [3.63, 3.8) is 0 Å². The third-order valence-electron chi connectivity index (χ3n) is 4.77. The van der Waals surface area contributed by atoms with E-state index in [1.165, 1.54) is 0 Å². The molecule has 1 amide bonds. The number of hydrogen-bond donors (Lipinski definition) is 1. The Morgan fingerprint density at radius 3 is 2.73 bits per heavy atom. The van der Waals surface area contributed by atoms with Gasteiger partial charge in [0.1, 0.15) is 12.7 Å². The molecule has 2 aliphatic heterocycles. The average molecular weight is 359 g/mol. The predicted octanol–water partition coefficient (Wildman–Crippen LogP) is 1.45. The van der Waals surface area contributed by atoms with E-state index in [2.05, 4.69) is 4.90 Å². The Bertz CT molecular complexity index is 715. The molecule has 3 atom stereocenters. The lowest BCUT2D eigenvalue weighted by Crippen LogP contribution is -2.62. The summed E-state index contributed by atoms with van der Waals surface area (Å²) in [6.07, 6.45) is 0.0898. The topological polar surface area (TPSA) is 103 Å². The lowest BCUT2D eigenvalue weighted by molar-refractivity contribution is -0.156. The molecule has 2 fully saturated rings. The molecular formula is C18H21N3O5. The molecule has 26 heavy (non-hydrogen) atoms. The van der Waals surface area contributed by atoms with Crippen molar-refractivity contribution in [2.75, 3.05) is 31.1 Å². The molecule has 138 valence electrons. The molecule has 0 spiro atoms. The maximum absolute atomic E-state index is 12.2. The van der Waals surface area contributed by atoms with E-state index in [9.17, 15) is 9.59 Å². The van der Waals surface area contributed by atoms with E-state index in [1.807, 2.05) is 13.0 Å². The number of carboxylic acid groups (broad SMARTS) is 1. The van der Waals surface area contributed by atoms with E-state index in [0.717, 1.165) is 6.42 Å². The highest BCUT2D eigenvalue weighted by molar-refractivity contribution is 5.89. The molecule has 3 unspecified atom stereocenters. The second-order valence-corrected chi connectivity index (χ2v) is 6.45. The third kappa shape index (κ3) is 3.79. The SMILES string of the molecule is CCC1C(OCC(=O)O)CN1CC1CN(c2ccc(C#N)cc2)C(=O)O1. The molecule has 3 rings (SSSR count). The van der Waals surface area contributed by atoms with Crippen LogP contribution in [0.25, 0.3) is 0 Å². The minimum Gasteiger partial charge on any atom is -0.480 e. The van der Waals surface area contributed by atoms with Crippen molar-refractivity contribution < 1.29 is 24.2 Å². The van der Waals surface area contributed by atoms with Crippen LogP contribution in [0.15, 0.2) is 24.3 Å². The fourth-order valence-electron chi connectivity index (χ4n) is 3.46. The number of carboxylic acids is 1. The number of hydrogen-bond acceptors (Lipinski definition) is 6. The van der Waals surface area contributed by atoms with Gasteiger partial charge in [-0.2, -0.15) is 5.26 Å². The highest BCUT2D eigenvalue weighted by Crippen LogP contribution is 2.27. The molecule has 0 aromatic heterocycles. The molecule has 8 nitrogen and oxygen atoms in total. The lowest BCUT2D eigenvalue weighted by Gasteiger charge is -2.47. The maximum Gasteiger partial charge on any atom is 0.414 e. The fraction of sp³-hybridized carbons (Fsp3) is 0.500. The maximum atomic E-state index is 12.2. The molecule has 1 aromatic carbocycles. The van der Waals surface area contributed by atoms with Crippen molar-refractivity contribution in [3.05, 3.63) is 29.8 Å². The first-order valence-corrected chi connectivity index (χ1v) is 8.57. The number of carbonyl (C=O) groups excluding carboxylic acids is 1. The molecule has 0 radical (unpaired) electrons. The van der Waals surface area contributed by atoms with E-state index >= 15 is 0 Å². The van der Waals surface area contributed by atoms with E-state index in [0.29, 0.717) is 30.9 Å². The van der Waals surface area contributed by atoms with Gasteiger partial charge in [-0.1, -0.05) is 6.92 Å². The Hall–Kier alpha value is -2.63. The van der Waals surface area contributed by atoms with E-state index in [1.54, 1.807) is 29.2 Å². The molecule has 8 heteroatoms. The van der Waals surface area contributed by atoms with Crippen molar-refractivity contribution >= 4 is 17.7 Å². The zero-order chi connectivity index (χ0) is 18.7. The van der Waals surface area contributed by atoms with Crippen LogP contribution in [0.5, 0.6) is 0 Å². The number of amides is 1. The lowest BCUT2D eigenvalue weighted by atomic mass is 9.96. The summed E-state index contributed by atoms with van der Waals surface area (Å²) in [5.41, 5.74) is 1.24. The van der Waals surface area contributed by atoms with Crippen molar-refractivity contribution in [2.45, 2.75) is 31.6 Å². The molecule has 0 aliphatic carbocycles. The Labute approximate surface area is 151 Å². The standard InChI is InChI=1S/C18H21N3O5/c1-2-15-16(25-11-17(22)23)10-20(15)8-14-9-21(18(24)26-14)13-5-3-12(7-19)4-6-13/h3-6,14-16H,2,8-11H2,1H3,(H,22,23). The van der Waals surface area contributed by atoms with Gasteiger partial charge in [-0.25, -0.2) is 9.59 Å². The van der Waals surface area contributed by atoms with E-state index in [-0.39, 0.29) is 24.9 Å². The van der Waals surface area contributed by atoms with E-state index in [4.69, 9.17) is 19.8 Å². The zero-order valence-corrected chi connectivity index (χ0v) is 14.5. The second kappa shape index (κ2) is 7.72. The summed E-state index contributed by atoms with van der Waals surface area (Å²) in [5.74, 6) is -0.971. The summed E-state index contributed by atoms with van der Waals surface area (Å²) in [5, 5.41) is 17.6. The van der Waals surface area contributed by atoms with Crippen molar-refractivity contribution in [1.29, 1.82) is 5.26 Å². The van der Waals surface area contributed by atoms with Crippen LogP contribution in [0.4, 0.5) is 10.5 Å². The number of benzene rings is 1. The first kappa shape index (κ1) is 18.2.